The molecule has 2 rings (SSSR count). The smallest absolute Gasteiger partial charge is 0.253 e. The van der Waals surface area contributed by atoms with Crippen LogP contribution in [-0.2, 0) is 10.0 Å². The molecule has 0 aliphatic carbocycles. The molecule has 1 aliphatic rings. The number of aryl methyl sites for hydroxylation is 1. The summed E-state index contributed by atoms with van der Waals surface area (Å²) in [6, 6.07) is 4.95. The van der Waals surface area contributed by atoms with E-state index < -0.39 is 10.0 Å². The summed E-state index contributed by atoms with van der Waals surface area (Å²) in [5.74, 6) is -0.105. The van der Waals surface area contributed by atoms with E-state index in [1.54, 1.807) is 24.0 Å². The summed E-state index contributed by atoms with van der Waals surface area (Å²) in [5, 5.41) is 0. The van der Waals surface area contributed by atoms with Crippen LogP contribution < -0.4 is 4.72 Å². The Hall–Kier alpha value is -1.44. The van der Waals surface area contributed by atoms with Gasteiger partial charge in [0.15, 0.2) is 0 Å². The fourth-order valence-electron chi connectivity index (χ4n) is 2.94. The summed E-state index contributed by atoms with van der Waals surface area (Å²) >= 11 is 0. The molecular weight excluding hydrogens is 350 g/mol. The third-order valence-corrected chi connectivity index (χ3v) is 6.08. The zero-order valence-corrected chi connectivity index (χ0v) is 16.9. The minimum atomic E-state index is -3.61. The number of sulfonamides is 1. The van der Waals surface area contributed by atoms with Crippen LogP contribution in [0.2, 0.25) is 0 Å². The molecule has 0 bridgehead atoms. The van der Waals surface area contributed by atoms with E-state index in [0.29, 0.717) is 30.8 Å². The second-order valence-electron chi connectivity index (χ2n) is 6.87. The van der Waals surface area contributed by atoms with Gasteiger partial charge in [-0.25, -0.2) is 13.1 Å². The summed E-state index contributed by atoms with van der Waals surface area (Å²) in [6.45, 7) is 10.7. The first-order valence-corrected chi connectivity index (χ1v) is 11.0. The van der Waals surface area contributed by atoms with E-state index in [1.807, 2.05) is 13.8 Å². The van der Waals surface area contributed by atoms with Crippen LogP contribution in [0.3, 0.4) is 0 Å². The number of carbonyl (C=O) groups is 1. The van der Waals surface area contributed by atoms with Crippen molar-refractivity contribution in [3.05, 3.63) is 29.3 Å². The molecule has 0 spiro atoms. The average molecular weight is 382 g/mol. The van der Waals surface area contributed by atoms with Crippen molar-refractivity contribution in [2.24, 2.45) is 0 Å². The van der Waals surface area contributed by atoms with Gasteiger partial charge in [0, 0.05) is 38.3 Å². The molecule has 1 saturated heterocycles. The van der Waals surface area contributed by atoms with E-state index in [2.05, 4.69) is 9.62 Å². The van der Waals surface area contributed by atoms with Gasteiger partial charge in [-0.1, -0.05) is 19.9 Å². The van der Waals surface area contributed by atoms with Gasteiger partial charge in [-0.2, -0.15) is 0 Å². The maximum absolute atomic E-state index is 12.8. The molecule has 0 aromatic heterocycles. The SMILES string of the molecule is CCCN(CCC)C(=O)c1ccc(C)c(S(=O)(=O)NCCCN2CC2)c1. The van der Waals surface area contributed by atoms with Crippen LogP contribution in [0.4, 0.5) is 0 Å². The highest BCUT2D eigenvalue weighted by molar-refractivity contribution is 7.89. The summed E-state index contributed by atoms with van der Waals surface area (Å²) in [7, 11) is -3.61. The molecule has 0 unspecified atom stereocenters. The van der Waals surface area contributed by atoms with Gasteiger partial charge in [0.2, 0.25) is 10.0 Å². The lowest BCUT2D eigenvalue weighted by molar-refractivity contribution is 0.0755. The van der Waals surface area contributed by atoms with Gasteiger partial charge in [0.05, 0.1) is 4.90 Å². The van der Waals surface area contributed by atoms with E-state index in [-0.39, 0.29) is 10.8 Å². The molecule has 6 nitrogen and oxygen atoms in total. The van der Waals surface area contributed by atoms with Crippen LogP contribution in [0.5, 0.6) is 0 Å². The largest absolute Gasteiger partial charge is 0.339 e. The Morgan fingerprint density at radius 3 is 2.42 bits per heavy atom. The van der Waals surface area contributed by atoms with Crippen molar-refractivity contribution < 1.29 is 13.2 Å². The molecule has 1 amide bonds. The van der Waals surface area contributed by atoms with Crippen LogP contribution in [-0.4, -0.2) is 63.4 Å². The molecule has 1 aromatic rings. The molecule has 0 saturated carbocycles. The van der Waals surface area contributed by atoms with Crippen molar-refractivity contribution in [1.82, 2.24) is 14.5 Å². The van der Waals surface area contributed by atoms with Gasteiger partial charge >= 0.3 is 0 Å². The van der Waals surface area contributed by atoms with Gasteiger partial charge < -0.3 is 9.80 Å². The van der Waals surface area contributed by atoms with Gasteiger partial charge in [0.25, 0.3) is 5.91 Å². The Labute approximate surface area is 157 Å². The standard InChI is InChI=1S/C19H31N3O3S/c1-4-10-22(11-5-2)19(23)17-8-7-16(3)18(15-17)26(24,25)20-9-6-12-21-13-14-21/h7-8,15,20H,4-6,9-14H2,1-3H3. The van der Waals surface area contributed by atoms with Crippen LogP contribution >= 0.6 is 0 Å². The molecule has 146 valence electrons. The van der Waals surface area contributed by atoms with Crippen molar-refractivity contribution in [3.8, 4) is 0 Å². The second kappa shape index (κ2) is 9.48. The van der Waals surface area contributed by atoms with Gasteiger partial charge in [-0.05, 0) is 50.4 Å². The molecule has 1 fully saturated rings. The van der Waals surface area contributed by atoms with Crippen LogP contribution in [0.1, 0.15) is 49.0 Å². The fourth-order valence-corrected chi connectivity index (χ4v) is 4.28. The van der Waals surface area contributed by atoms with E-state index in [4.69, 9.17) is 0 Å². The fraction of sp³-hybridized carbons (Fsp3) is 0.632. The Kier molecular flexibility index (Phi) is 7.61. The maximum Gasteiger partial charge on any atom is 0.253 e. The third-order valence-electron chi connectivity index (χ3n) is 4.48. The number of rotatable bonds is 11. The predicted octanol–water partition coefficient (Wildman–Crippen LogP) is 2.24. The van der Waals surface area contributed by atoms with Crippen molar-refractivity contribution in [3.63, 3.8) is 0 Å². The Bertz CT molecular complexity index is 709. The number of hydrogen-bond acceptors (Lipinski definition) is 4. The molecule has 1 heterocycles. The molecular formula is C19H31N3O3S. The lowest BCUT2D eigenvalue weighted by Gasteiger charge is -2.22. The minimum Gasteiger partial charge on any atom is -0.339 e. The van der Waals surface area contributed by atoms with E-state index in [0.717, 1.165) is 38.9 Å². The van der Waals surface area contributed by atoms with E-state index in [1.165, 1.54) is 6.07 Å². The number of nitrogens with one attached hydrogen (secondary N) is 1. The first kappa shape index (κ1) is 20.9. The normalized spacial score (nSPS) is 14.4. The monoisotopic (exact) mass is 381 g/mol. The summed E-state index contributed by atoms with van der Waals surface area (Å²) in [5.41, 5.74) is 1.08. The van der Waals surface area contributed by atoms with Crippen LogP contribution in [0, 0.1) is 6.92 Å². The molecule has 0 atom stereocenters. The highest BCUT2D eigenvalue weighted by atomic mass is 32.2. The van der Waals surface area contributed by atoms with Crippen molar-refractivity contribution in [2.75, 3.05) is 39.3 Å². The topological polar surface area (TPSA) is 69.5 Å². The quantitative estimate of drug-likeness (QED) is 0.471. The number of carbonyl (C=O) groups excluding carboxylic acids is 1. The molecule has 1 aromatic carbocycles. The molecule has 26 heavy (non-hydrogen) atoms. The minimum absolute atomic E-state index is 0.105. The molecule has 7 heteroatoms. The number of benzene rings is 1. The second-order valence-corrected chi connectivity index (χ2v) is 8.60. The van der Waals surface area contributed by atoms with Crippen molar-refractivity contribution >= 4 is 15.9 Å². The Morgan fingerprint density at radius 2 is 1.85 bits per heavy atom. The zero-order valence-electron chi connectivity index (χ0n) is 16.1. The average Bonchev–Trinajstić information content (AvgIpc) is 3.42. The zero-order chi connectivity index (χ0) is 19.2. The van der Waals surface area contributed by atoms with Gasteiger partial charge in [-0.3, -0.25) is 4.79 Å². The Balaban J connectivity index is 2.12. The van der Waals surface area contributed by atoms with Gasteiger partial charge in [0.1, 0.15) is 0 Å². The van der Waals surface area contributed by atoms with Gasteiger partial charge in [-0.15, -0.1) is 0 Å². The number of hydrogen-bond donors (Lipinski definition) is 1. The first-order valence-electron chi connectivity index (χ1n) is 9.51. The van der Waals surface area contributed by atoms with Crippen molar-refractivity contribution in [2.45, 2.75) is 44.9 Å². The number of amides is 1. The lowest BCUT2D eigenvalue weighted by atomic mass is 10.1. The highest BCUT2D eigenvalue weighted by Crippen LogP contribution is 2.19. The summed E-state index contributed by atoms with van der Waals surface area (Å²) in [6.07, 6.45) is 2.54. The number of nitrogens with zero attached hydrogens (tertiary/aromatic N) is 2. The van der Waals surface area contributed by atoms with E-state index in [9.17, 15) is 13.2 Å². The van der Waals surface area contributed by atoms with Crippen LogP contribution in [0.15, 0.2) is 23.1 Å². The van der Waals surface area contributed by atoms with Crippen LogP contribution in [0.25, 0.3) is 0 Å². The summed E-state index contributed by atoms with van der Waals surface area (Å²) < 4.78 is 28.0. The maximum atomic E-state index is 12.8. The Morgan fingerprint density at radius 1 is 1.19 bits per heavy atom. The summed E-state index contributed by atoms with van der Waals surface area (Å²) in [4.78, 5) is 17.0. The molecule has 0 radical (unpaired) electrons. The van der Waals surface area contributed by atoms with Crippen molar-refractivity contribution in [1.29, 1.82) is 0 Å². The molecule has 1 aliphatic heterocycles. The first-order chi connectivity index (χ1) is 12.4. The molecule has 1 N–H and O–H groups in total. The predicted molar refractivity (Wildman–Crippen MR) is 104 cm³/mol. The van der Waals surface area contributed by atoms with E-state index >= 15 is 0 Å². The lowest BCUT2D eigenvalue weighted by Crippen LogP contribution is -2.33. The third kappa shape index (κ3) is 5.79. The highest BCUT2D eigenvalue weighted by Gasteiger charge is 2.21.